The van der Waals surface area contributed by atoms with E-state index >= 15 is 0 Å². The van der Waals surface area contributed by atoms with E-state index in [1.807, 2.05) is 43.7 Å². The van der Waals surface area contributed by atoms with Gasteiger partial charge < -0.3 is 4.74 Å². The van der Waals surface area contributed by atoms with Gasteiger partial charge in [0.25, 0.3) is 10.1 Å². The SMILES string of the molecule is CS(=O)(=O)O.Cn1cc2cc(-c3nn4ccc(C5CC5)nc4c(-c4ccc(OC(F)F)cc4)c3=O)ccc2n1. The molecule has 3 aromatic heterocycles. The molecule has 1 aliphatic carbocycles. The molecule has 202 valence electrons. The molecule has 0 aliphatic heterocycles. The summed E-state index contributed by atoms with van der Waals surface area (Å²) in [5.41, 5.74) is 3.73. The van der Waals surface area contributed by atoms with Crippen LogP contribution in [0.5, 0.6) is 5.75 Å². The second-order valence-electron chi connectivity index (χ2n) is 9.16. The average Bonchev–Trinajstić information content (AvgIpc) is 3.63. The molecule has 0 unspecified atom stereocenters. The van der Waals surface area contributed by atoms with Gasteiger partial charge in [-0.15, -0.1) is 0 Å². The summed E-state index contributed by atoms with van der Waals surface area (Å²) in [7, 11) is -1.83. The maximum Gasteiger partial charge on any atom is 0.387 e. The first kappa shape index (κ1) is 26.4. The smallest absolute Gasteiger partial charge is 0.387 e. The van der Waals surface area contributed by atoms with Crippen LogP contribution < -0.4 is 10.2 Å². The fourth-order valence-electron chi connectivity index (χ4n) is 4.21. The summed E-state index contributed by atoms with van der Waals surface area (Å²) in [6.07, 6.45) is 6.55. The lowest BCUT2D eigenvalue weighted by molar-refractivity contribution is -0.0498. The quantitative estimate of drug-likeness (QED) is 0.318. The highest BCUT2D eigenvalue weighted by atomic mass is 32.2. The Balaban J connectivity index is 0.000000567. The zero-order valence-electron chi connectivity index (χ0n) is 20.8. The number of rotatable bonds is 5. The fourth-order valence-corrected chi connectivity index (χ4v) is 4.21. The van der Waals surface area contributed by atoms with Crippen molar-refractivity contribution in [1.29, 1.82) is 0 Å². The first-order valence-electron chi connectivity index (χ1n) is 11.8. The number of nitrogens with zero attached hydrogens (tertiary/aromatic N) is 5. The zero-order chi connectivity index (χ0) is 27.9. The molecule has 1 saturated carbocycles. The van der Waals surface area contributed by atoms with Gasteiger partial charge in [-0.05, 0) is 48.7 Å². The van der Waals surface area contributed by atoms with Gasteiger partial charge in [-0.2, -0.15) is 27.4 Å². The molecule has 1 aliphatic rings. The molecule has 6 rings (SSSR count). The third-order valence-electron chi connectivity index (χ3n) is 5.97. The van der Waals surface area contributed by atoms with Gasteiger partial charge in [0, 0.05) is 42.0 Å². The normalized spacial score (nSPS) is 13.5. The Hall–Kier alpha value is -4.23. The summed E-state index contributed by atoms with van der Waals surface area (Å²) in [4.78, 5) is 18.6. The maximum atomic E-state index is 13.8. The van der Waals surface area contributed by atoms with Crippen LogP contribution in [0.25, 0.3) is 38.9 Å². The lowest BCUT2D eigenvalue weighted by Gasteiger charge is -2.12. The standard InChI is InChI=1S/C25H19F2N5O2.CH4O3S/c1-31-13-17-12-16(6-9-20(17)29-31)22-23(33)21(15-4-7-18(8-5-15)34-25(26)27)24-28-19(14-2-3-14)10-11-32(24)30-22;1-5(2,3)4/h4-14,25H,2-3H2,1H3;1H3,(H,2,3,4). The van der Waals surface area contributed by atoms with Gasteiger partial charge in [0.1, 0.15) is 11.4 Å². The molecule has 5 aromatic rings. The summed E-state index contributed by atoms with van der Waals surface area (Å²) in [5.74, 6) is 0.411. The van der Waals surface area contributed by atoms with Crippen molar-refractivity contribution in [3.8, 4) is 28.1 Å². The van der Waals surface area contributed by atoms with E-state index in [1.54, 1.807) is 21.3 Å². The van der Waals surface area contributed by atoms with Crippen LogP contribution in [0.4, 0.5) is 8.78 Å². The molecule has 1 fully saturated rings. The van der Waals surface area contributed by atoms with Crippen molar-refractivity contribution >= 4 is 26.7 Å². The Morgan fingerprint density at radius 3 is 2.36 bits per heavy atom. The summed E-state index contributed by atoms with van der Waals surface area (Å²) < 4.78 is 58.8. The molecular weight excluding hydrogens is 532 g/mol. The first-order valence-corrected chi connectivity index (χ1v) is 13.7. The number of aromatic nitrogens is 5. The first-order chi connectivity index (χ1) is 18.5. The minimum atomic E-state index is -3.67. The Labute approximate surface area is 221 Å². The van der Waals surface area contributed by atoms with Crippen molar-refractivity contribution in [2.75, 3.05) is 6.26 Å². The Kier molecular flexibility index (Phi) is 6.87. The number of benzene rings is 2. The number of aryl methyl sites for hydroxylation is 1. The third-order valence-corrected chi connectivity index (χ3v) is 5.97. The molecule has 0 saturated heterocycles. The van der Waals surface area contributed by atoms with E-state index < -0.39 is 16.7 Å². The van der Waals surface area contributed by atoms with Crippen LogP contribution in [0, 0.1) is 0 Å². The summed E-state index contributed by atoms with van der Waals surface area (Å²) >= 11 is 0. The van der Waals surface area contributed by atoms with Crippen LogP contribution in [0.1, 0.15) is 24.5 Å². The number of hydrogen-bond acceptors (Lipinski definition) is 7. The van der Waals surface area contributed by atoms with Crippen molar-refractivity contribution in [2.24, 2.45) is 7.05 Å². The molecule has 39 heavy (non-hydrogen) atoms. The molecule has 2 aromatic carbocycles. The molecule has 0 amide bonds. The highest BCUT2D eigenvalue weighted by Crippen LogP contribution is 2.39. The van der Waals surface area contributed by atoms with E-state index in [1.165, 1.54) is 12.1 Å². The van der Waals surface area contributed by atoms with Crippen molar-refractivity contribution < 1.29 is 26.5 Å². The minimum absolute atomic E-state index is 0.0195. The topological polar surface area (TPSA) is 129 Å². The minimum Gasteiger partial charge on any atom is -0.435 e. The van der Waals surface area contributed by atoms with E-state index in [2.05, 4.69) is 14.9 Å². The lowest BCUT2D eigenvalue weighted by Crippen LogP contribution is -2.16. The van der Waals surface area contributed by atoms with E-state index in [0.717, 1.165) is 29.4 Å². The molecule has 0 bridgehead atoms. The predicted octanol–water partition coefficient (Wildman–Crippen LogP) is 4.29. The van der Waals surface area contributed by atoms with E-state index in [9.17, 15) is 22.0 Å². The average molecular weight is 556 g/mol. The molecule has 13 heteroatoms. The largest absolute Gasteiger partial charge is 0.435 e. The van der Waals surface area contributed by atoms with E-state index in [0.29, 0.717) is 34.5 Å². The Morgan fingerprint density at radius 2 is 1.72 bits per heavy atom. The van der Waals surface area contributed by atoms with Crippen molar-refractivity contribution in [2.45, 2.75) is 25.4 Å². The zero-order valence-corrected chi connectivity index (χ0v) is 21.6. The second kappa shape index (κ2) is 10.2. The lowest BCUT2D eigenvalue weighted by atomic mass is 10.0. The maximum absolute atomic E-state index is 13.8. The molecule has 3 heterocycles. The van der Waals surface area contributed by atoms with Gasteiger partial charge in [-0.3, -0.25) is 14.0 Å². The molecular formula is C26H23F2N5O5S. The van der Waals surface area contributed by atoms with Crippen molar-refractivity contribution in [3.63, 3.8) is 0 Å². The van der Waals surface area contributed by atoms with Gasteiger partial charge >= 0.3 is 6.61 Å². The monoisotopic (exact) mass is 555 g/mol. The Morgan fingerprint density at radius 1 is 1.05 bits per heavy atom. The number of hydrogen-bond donors (Lipinski definition) is 1. The van der Waals surface area contributed by atoms with Crippen LogP contribution in [-0.4, -0.2) is 50.2 Å². The summed E-state index contributed by atoms with van der Waals surface area (Å²) in [6.45, 7) is -2.92. The van der Waals surface area contributed by atoms with Crippen LogP contribution >= 0.6 is 0 Å². The van der Waals surface area contributed by atoms with E-state index in [-0.39, 0.29) is 16.9 Å². The molecule has 0 atom stereocenters. The van der Waals surface area contributed by atoms with Gasteiger partial charge in [0.2, 0.25) is 5.43 Å². The second-order valence-corrected chi connectivity index (χ2v) is 10.6. The van der Waals surface area contributed by atoms with Crippen LogP contribution in [0.15, 0.2) is 65.7 Å². The molecule has 1 N–H and O–H groups in total. The van der Waals surface area contributed by atoms with Gasteiger partial charge in [-0.25, -0.2) is 9.50 Å². The van der Waals surface area contributed by atoms with Gasteiger partial charge in [0.15, 0.2) is 5.65 Å². The summed E-state index contributed by atoms with van der Waals surface area (Å²) in [5, 5.41) is 9.89. The third kappa shape index (κ3) is 6.10. The van der Waals surface area contributed by atoms with E-state index in [4.69, 9.17) is 9.54 Å². The number of fused-ring (bicyclic) bond motifs is 2. The van der Waals surface area contributed by atoms with Crippen molar-refractivity contribution in [1.82, 2.24) is 24.4 Å². The molecule has 0 radical (unpaired) electrons. The van der Waals surface area contributed by atoms with Crippen LogP contribution in [0.2, 0.25) is 0 Å². The van der Waals surface area contributed by atoms with Gasteiger partial charge in [0.05, 0.1) is 17.3 Å². The highest BCUT2D eigenvalue weighted by molar-refractivity contribution is 7.85. The highest BCUT2D eigenvalue weighted by Gasteiger charge is 2.26. The van der Waals surface area contributed by atoms with Crippen LogP contribution in [-0.2, 0) is 17.2 Å². The number of alkyl halides is 2. The fraction of sp³-hybridized carbons (Fsp3) is 0.231. The molecule has 0 spiro atoms. The van der Waals surface area contributed by atoms with Crippen LogP contribution in [0.3, 0.4) is 0 Å². The molecule has 10 nitrogen and oxygen atoms in total. The predicted molar refractivity (Wildman–Crippen MR) is 140 cm³/mol. The van der Waals surface area contributed by atoms with Crippen molar-refractivity contribution in [3.05, 3.63) is 76.8 Å². The number of halogens is 2. The van der Waals surface area contributed by atoms with Gasteiger partial charge in [-0.1, -0.05) is 18.2 Å². The number of ether oxygens (including phenoxy) is 1. The Bertz CT molecular complexity index is 1840. The summed E-state index contributed by atoms with van der Waals surface area (Å²) in [6, 6.07) is 13.5.